The third-order valence-corrected chi connectivity index (χ3v) is 3.87. The second-order valence-corrected chi connectivity index (χ2v) is 5.89. The van der Waals surface area contributed by atoms with Crippen molar-refractivity contribution in [2.24, 2.45) is 0 Å². The van der Waals surface area contributed by atoms with Crippen molar-refractivity contribution in [1.29, 1.82) is 0 Å². The summed E-state index contributed by atoms with van der Waals surface area (Å²) in [5.41, 5.74) is 0.150. The Morgan fingerprint density at radius 3 is 2.63 bits per heavy atom. The van der Waals surface area contributed by atoms with Crippen molar-refractivity contribution in [3.63, 3.8) is 0 Å². The van der Waals surface area contributed by atoms with Crippen LogP contribution in [0.5, 0.6) is 17.2 Å². The Morgan fingerprint density at radius 2 is 1.85 bits per heavy atom. The van der Waals surface area contributed by atoms with Gasteiger partial charge in [-0.1, -0.05) is 12.1 Å². The average molecular weight is 381 g/mol. The fourth-order valence-electron chi connectivity index (χ4n) is 2.55. The fraction of sp³-hybridized carbons (Fsp3) is 0.316. The number of carbonyl (C=O) groups excluding carboxylic acids is 1. The predicted octanol–water partition coefficient (Wildman–Crippen LogP) is 3.21. The Hall–Kier alpha value is -2.90. The number of benzene rings is 2. The molecule has 0 spiro atoms. The molecule has 2 aromatic carbocycles. The lowest BCUT2D eigenvalue weighted by atomic mass is 10.1. The maximum Gasteiger partial charge on any atom is 0.416 e. The second kappa shape index (κ2) is 8.20. The minimum Gasteiger partial charge on any atom is -0.486 e. The van der Waals surface area contributed by atoms with Crippen LogP contribution in [0.3, 0.4) is 0 Å². The van der Waals surface area contributed by atoms with Crippen molar-refractivity contribution < 1.29 is 32.2 Å². The summed E-state index contributed by atoms with van der Waals surface area (Å²) in [7, 11) is 0. The van der Waals surface area contributed by atoms with E-state index in [0.29, 0.717) is 37.7 Å². The number of fused-ring (bicyclic) bond motifs is 1. The molecule has 1 heterocycles. The molecule has 3 rings (SSSR count). The molecule has 0 aromatic heterocycles. The van der Waals surface area contributed by atoms with Gasteiger partial charge >= 0.3 is 6.18 Å². The standard InChI is InChI=1S/C19H18F3NO4/c20-19(21,22)14-2-1-3-15(11-14)27-12-18(24)23-7-6-13-4-5-16-17(10-13)26-9-8-25-16/h1-5,10-11H,6-9,12H2,(H,23,24). The van der Waals surface area contributed by atoms with Gasteiger partial charge in [-0.05, 0) is 42.3 Å². The van der Waals surface area contributed by atoms with E-state index in [1.165, 1.54) is 12.1 Å². The molecule has 0 unspecified atom stereocenters. The fourth-order valence-corrected chi connectivity index (χ4v) is 2.55. The van der Waals surface area contributed by atoms with Gasteiger partial charge in [0.25, 0.3) is 5.91 Å². The van der Waals surface area contributed by atoms with Crippen molar-refractivity contribution in [3.05, 3.63) is 53.6 Å². The van der Waals surface area contributed by atoms with Crippen LogP contribution in [0.1, 0.15) is 11.1 Å². The molecule has 2 aromatic rings. The zero-order valence-electron chi connectivity index (χ0n) is 14.3. The van der Waals surface area contributed by atoms with Crippen LogP contribution in [0.4, 0.5) is 13.2 Å². The molecule has 0 bridgehead atoms. The molecule has 0 saturated heterocycles. The molecular weight excluding hydrogens is 363 g/mol. The van der Waals surface area contributed by atoms with Crippen LogP contribution < -0.4 is 19.5 Å². The first-order chi connectivity index (χ1) is 12.9. The summed E-state index contributed by atoms with van der Waals surface area (Å²) in [4.78, 5) is 11.8. The van der Waals surface area contributed by atoms with Crippen LogP contribution in [-0.4, -0.2) is 32.3 Å². The van der Waals surface area contributed by atoms with E-state index < -0.39 is 17.6 Å². The summed E-state index contributed by atoms with van der Waals surface area (Å²) in [6.07, 6.45) is -3.88. The van der Waals surface area contributed by atoms with Crippen molar-refractivity contribution in [3.8, 4) is 17.2 Å². The first-order valence-electron chi connectivity index (χ1n) is 8.37. The minimum atomic E-state index is -4.45. The topological polar surface area (TPSA) is 56.8 Å². The first kappa shape index (κ1) is 18.9. The molecule has 0 fully saturated rings. The van der Waals surface area contributed by atoms with E-state index in [2.05, 4.69) is 5.32 Å². The molecule has 5 nitrogen and oxygen atoms in total. The number of rotatable bonds is 6. The lowest BCUT2D eigenvalue weighted by Crippen LogP contribution is -2.30. The molecular formula is C19H18F3NO4. The predicted molar refractivity (Wildman–Crippen MR) is 91.1 cm³/mol. The zero-order valence-corrected chi connectivity index (χ0v) is 14.3. The molecule has 1 aliphatic rings. The van der Waals surface area contributed by atoms with E-state index in [9.17, 15) is 18.0 Å². The number of hydrogen-bond acceptors (Lipinski definition) is 4. The van der Waals surface area contributed by atoms with Gasteiger partial charge in [-0.15, -0.1) is 0 Å². The lowest BCUT2D eigenvalue weighted by molar-refractivity contribution is -0.137. The van der Waals surface area contributed by atoms with E-state index in [1.807, 2.05) is 18.2 Å². The Balaban J connectivity index is 1.44. The van der Waals surface area contributed by atoms with Crippen LogP contribution in [0, 0.1) is 0 Å². The summed E-state index contributed by atoms with van der Waals surface area (Å²) >= 11 is 0. The van der Waals surface area contributed by atoms with E-state index >= 15 is 0 Å². The third kappa shape index (κ3) is 5.29. The molecule has 1 aliphatic heterocycles. The molecule has 144 valence electrons. The third-order valence-electron chi connectivity index (χ3n) is 3.87. The molecule has 1 N–H and O–H groups in total. The van der Waals surface area contributed by atoms with Gasteiger partial charge in [0.05, 0.1) is 5.56 Å². The lowest BCUT2D eigenvalue weighted by Gasteiger charge is -2.18. The Labute approximate surface area is 154 Å². The number of nitrogens with one attached hydrogen (secondary N) is 1. The van der Waals surface area contributed by atoms with Crippen molar-refractivity contribution in [1.82, 2.24) is 5.32 Å². The number of ether oxygens (including phenoxy) is 3. The summed E-state index contributed by atoms with van der Waals surface area (Å²) in [6.45, 7) is 1.03. The largest absolute Gasteiger partial charge is 0.486 e. The van der Waals surface area contributed by atoms with Crippen LogP contribution in [0.15, 0.2) is 42.5 Å². The Bertz CT molecular complexity index is 808. The van der Waals surface area contributed by atoms with E-state index in [0.717, 1.165) is 17.7 Å². The highest BCUT2D eigenvalue weighted by atomic mass is 19.4. The second-order valence-electron chi connectivity index (χ2n) is 5.89. The van der Waals surface area contributed by atoms with Gasteiger partial charge in [-0.3, -0.25) is 4.79 Å². The number of hydrogen-bond donors (Lipinski definition) is 1. The SMILES string of the molecule is O=C(COc1cccc(C(F)(F)F)c1)NCCc1ccc2c(c1)OCCO2. The quantitative estimate of drug-likeness (QED) is 0.835. The highest BCUT2D eigenvalue weighted by Gasteiger charge is 2.30. The van der Waals surface area contributed by atoms with Gasteiger partial charge in [-0.2, -0.15) is 13.2 Å². The number of alkyl halides is 3. The number of carbonyl (C=O) groups is 1. The summed E-state index contributed by atoms with van der Waals surface area (Å²) in [5.74, 6) is 0.957. The van der Waals surface area contributed by atoms with Gasteiger partial charge in [0.15, 0.2) is 18.1 Å². The van der Waals surface area contributed by atoms with Crippen LogP contribution in [0.25, 0.3) is 0 Å². The summed E-state index contributed by atoms with van der Waals surface area (Å²) in [5, 5.41) is 2.67. The van der Waals surface area contributed by atoms with Crippen molar-refractivity contribution >= 4 is 5.91 Å². The van der Waals surface area contributed by atoms with E-state index in [1.54, 1.807) is 0 Å². The summed E-state index contributed by atoms with van der Waals surface area (Å²) < 4.78 is 54.0. The van der Waals surface area contributed by atoms with Crippen LogP contribution >= 0.6 is 0 Å². The smallest absolute Gasteiger partial charge is 0.416 e. The highest BCUT2D eigenvalue weighted by Crippen LogP contribution is 2.31. The minimum absolute atomic E-state index is 0.00758. The number of halogens is 3. The Morgan fingerprint density at radius 1 is 1.07 bits per heavy atom. The molecule has 1 amide bonds. The zero-order chi connectivity index (χ0) is 19.3. The molecule has 0 atom stereocenters. The monoisotopic (exact) mass is 381 g/mol. The van der Waals surface area contributed by atoms with Gasteiger partial charge in [-0.25, -0.2) is 0 Å². The maximum absolute atomic E-state index is 12.6. The van der Waals surface area contributed by atoms with Crippen LogP contribution in [0.2, 0.25) is 0 Å². The van der Waals surface area contributed by atoms with Gasteiger partial charge in [0.1, 0.15) is 19.0 Å². The number of amides is 1. The maximum atomic E-state index is 12.6. The van der Waals surface area contributed by atoms with E-state index in [4.69, 9.17) is 14.2 Å². The summed E-state index contributed by atoms with van der Waals surface area (Å²) in [6, 6.07) is 9.99. The first-order valence-corrected chi connectivity index (χ1v) is 8.37. The van der Waals surface area contributed by atoms with Crippen molar-refractivity contribution in [2.45, 2.75) is 12.6 Å². The van der Waals surface area contributed by atoms with Gasteiger partial charge < -0.3 is 19.5 Å². The average Bonchev–Trinajstić information content (AvgIpc) is 2.66. The highest BCUT2D eigenvalue weighted by molar-refractivity contribution is 5.77. The molecule has 27 heavy (non-hydrogen) atoms. The molecule has 8 heteroatoms. The van der Waals surface area contributed by atoms with E-state index in [-0.39, 0.29) is 12.4 Å². The normalized spacial score (nSPS) is 13.1. The van der Waals surface area contributed by atoms with Gasteiger partial charge in [0.2, 0.25) is 0 Å². The van der Waals surface area contributed by atoms with Crippen molar-refractivity contribution in [2.75, 3.05) is 26.4 Å². The van der Waals surface area contributed by atoms with Gasteiger partial charge in [0, 0.05) is 6.54 Å². The molecule has 0 saturated carbocycles. The van der Waals surface area contributed by atoms with Crippen LogP contribution in [-0.2, 0) is 17.4 Å². The molecule has 0 aliphatic carbocycles. The molecule has 0 radical (unpaired) electrons. The Kier molecular flexibility index (Phi) is 5.73.